The zero-order valence-corrected chi connectivity index (χ0v) is 13.7. The van der Waals surface area contributed by atoms with Gasteiger partial charge < -0.3 is 15.6 Å². The van der Waals surface area contributed by atoms with Crippen LogP contribution in [0.3, 0.4) is 0 Å². The third kappa shape index (κ3) is 4.52. The number of urea groups is 1. The van der Waals surface area contributed by atoms with E-state index in [1.54, 1.807) is 0 Å². The number of hydrogen-bond donors (Lipinski definition) is 3. The second-order valence-electron chi connectivity index (χ2n) is 5.77. The van der Waals surface area contributed by atoms with Gasteiger partial charge in [0.15, 0.2) is 0 Å². The Hall–Kier alpha value is -1.97. The fourth-order valence-corrected chi connectivity index (χ4v) is 2.77. The first-order valence-electron chi connectivity index (χ1n) is 8.30. The fraction of sp³-hybridized carbons (Fsp3) is 0.500. The lowest BCUT2D eigenvalue weighted by Gasteiger charge is -2.07. The second kappa shape index (κ2) is 8.47. The van der Waals surface area contributed by atoms with E-state index in [4.69, 9.17) is 0 Å². The number of nitrogens with one attached hydrogen (secondary N) is 3. The molecule has 120 valence electrons. The monoisotopic (exact) mass is 301 g/mol. The normalized spacial score (nSPS) is 10.8. The highest BCUT2D eigenvalue weighted by molar-refractivity contribution is 5.84. The van der Waals surface area contributed by atoms with E-state index in [9.17, 15) is 4.79 Å². The van der Waals surface area contributed by atoms with Crippen LogP contribution in [0.25, 0.3) is 10.9 Å². The third-order valence-electron chi connectivity index (χ3n) is 4.00. The van der Waals surface area contributed by atoms with Crippen molar-refractivity contribution in [3.8, 4) is 0 Å². The van der Waals surface area contributed by atoms with Crippen molar-refractivity contribution in [2.45, 2.75) is 46.0 Å². The van der Waals surface area contributed by atoms with E-state index >= 15 is 0 Å². The quantitative estimate of drug-likeness (QED) is 0.636. The van der Waals surface area contributed by atoms with Gasteiger partial charge in [-0.15, -0.1) is 0 Å². The standard InChI is InChI=1S/C18H27N3O/c1-3-4-5-8-12-19-18(22)20-13-11-15-14(2)21-17-10-7-6-9-16(15)17/h6-7,9-10,21H,3-5,8,11-13H2,1-2H3,(H2,19,20,22). The van der Waals surface area contributed by atoms with Gasteiger partial charge in [0.1, 0.15) is 0 Å². The molecule has 0 radical (unpaired) electrons. The highest BCUT2D eigenvalue weighted by Gasteiger charge is 2.08. The number of aryl methyl sites for hydroxylation is 1. The lowest BCUT2D eigenvalue weighted by Crippen LogP contribution is -2.37. The van der Waals surface area contributed by atoms with Crippen molar-refractivity contribution in [3.63, 3.8) is 0 Å². The van der Waals surface area contributed by atoms with Gasteiger partial charge in [-0.2, -0.15) is 0 Å². The van der Waals surface area contributed by atoms with Crippen LogP contribution in [0.1, 0.15) is 43.9 Å². The zero-order chi connectivity index (χ0) is 15.8. The highest BCUT2D eigenvalue weighted by atomic mass is 16.2. The fourth-order valence-electron chi connectivity index (χ4n) is 2.77. The SMILES string of the molecule is CCCCCCNC(=O)NCCc1c(C)[nH]c2ccccc12. The zero-order valence-electron chi connectivity index (χ0n) is 13.7. The number of unbranched alkanes of at least 4 members (excludes halogenated alkanes) is 3. The number of fused-ring (bicyclic) bond motifs is 1. The summed E-state index contributed by atoms with van der Waals surface area (Å²) in [6, 6.07) is 8.24. The van der Waals surface area contributed by atoms with Crippen LogP contribution in [0, 0.1) is 6.92 Å². The number of hydrogen-bond acceptors (Lipinski definition) is 1. The summed E-state index contributed by atoms with van der Waals surface area (Å²) in [5.74, 6) is 0. The van der Waals surface area contributed by atoms with Crippen molar-refractivity contribution in [3.05, 3.63) is 35.5 Å². The van der Waals surface area contributed by atoms with E-state index in [1.165, 1.54) is 35.9 Å². The van der Waals surface area contributed by atoms with Crippen LogP contribution in [-0.2, 0) is 6.42 Å². The molecule has 1 aromatic carbocycles. The van der Waals surface area contributed by atoms with E-state index < -0.39 is 0 Å². The Balaban J connectivity index is 1.73. The van der Waals surface area contributed by atoms with Gasteiger partial charge in [-0.25, -0.2) is 4.79 Å². The number of para-hydroxylation sites is 1. The van der Waals surface area contributed by atoms with Gasteiger partial charge in [0.05, 0.1) is 0 Å². The Morgan fingerprint density at radius 3 is 2.68 bits per heavy atom. The first-order valence-corrected chi connectivity index (χ1v) is 8.30. The molecule has 0 spiro atoms. The third-order valence-corrected chi connectivity index (χ3v) is 4.00. The average Bonchev–Trinajstić information content (AvgIpc) is 2.83. The number of benzene rings is 1. The van der Waals surface area contributed by atoms with Crippen molar-refractivity contribution < 1.29 is 4.79 Å². The molecule has 2 amide bonds. The number of H-pyrrole nitrogens is 1. The summed E-state index contributed by atoms with van der Waals surface area (Å²) in [7, 11) is 0. The minimum Gasteiger partial charge on any atom is -0.358 e. The molecule has 0 bridgehead atoms. The Labute approximate surface area is 132 Å². The molecule has 0 aliphatic rings. The molecule has 0 unspecified atom stereocenters. The molecule has 0 saturated heterocycles. The molecule has 0 atom stereocenters. The van der Waals surface area contributed by atoms with E-state index in [-0.39, 0.29) is 6.03 Å². The Morgan fingerprint density at radius 1 is 1.09 bits per heavy atom. The molecule has 2 rings (SSSR count). The van der Waals surface area contributed by atoms with Crippen LogP contribution in [0.2, 0.25) is 0 Å². The average molecular weight is 301 g/mol. The largest absolute Gasteiger partial charge is 0.358 e. The van der Waals surface area contributed by atoms with Gasteiger partial charge >= 0.3 is 6.03 Å². The summed E-state index contributed by atoms with van der Waals surface area (Å²) in [5.41, 5.74) is 3.64. The van der Waals surface area contributed by atoms with Crippen LogP contribution in [0.5, 0.6) is 0 Å². The smallest absolute Gasteiger partial charge is 0.314 e. The maximum Gasteiger partial charge on any atom is 0.314 e. The molecule has 1 aromatic heterocycles. The Morgan fingerprint density at radius 2 is 1.86 bits per heavy atom. The molecule has 4 heteroatoms. The van der Waals surface area contributed by atoms with Gasteiger partial charge in [-0.3, -0.25) is 0 Å². The van der Waals surface area contributed by atoms with Crippen LogP contribution >= 0.6 is 0 Å². The van der Waals surface area contributed by atoms with E-state index in [1.807, 2.05) is 6.07 Å². The molecule has 2 aromatic rings. The van der Waals surface area contributed by atoms with Crippen molar-refractivity contribution >= 4 is 16.9 Å². The maximum atomic E-state index is 11.7. The van der Waals surface area contributed by atoms with Crippen LogP contribution in [0.15, 0.2) is 24.3 Å². The number of amides is 2. The second-order valence-corrected chi connectivity index (χ2v) is 5.77. The molecular formula is C18H27N3O. The van der Waals surface area contributed by atoms with Crippen LogP contribution in [0.4, 0.5) is 4.79 Å². The predicted octanol–water partition coefficient (Wildman–Crippen LogP) is 3.90. The molecule has 4 nitrogen and oxygen atoms in total. The first-order chi connectivity index (χ1) is 10.7. The Kier molecular flexibility index (Phi) is 6.31. The number of rotatable bonds is 8. The number of carbonyl (C=O) groups excluding carboxylic acids is 1. The minimum atomic E-state index is -0.0611. The number of carbonyl (C=O) groups is 1. The summed E-state index contributed by atoms with van der Waals surface area (Å²) >= 11 is 0. The lowest BCUT2D eigenvalue weighted by molar-refractivity contribution is 0.241. The molecule has 1 heterocycles. The van der Waals surface area contributed by atoms with Gasteiger partial charge in [0.25, 0.3) is 0 Å². The van der Waals surface area contributed by atoms with Crippen molar-refractivity contribution in [2.75, 3.05) is 13.1 Å². The number of aromatic nitrogens is 1. The van der Waals surface area contributed by atoms with Crippen molar-refractivity contribution in [1.82, 2.24) is 15.6 Å². The van der Waals surface area contributed by atoms with E-state index in [0.29, 0.717) is 6.54 Å². The molecule has 0 fully saturated rings. The summed E-state index contributed by atoms with van der Waals surface area (Å²) in [6.07, 6.45) is 5.55. The predicted molar refractivity (Wildman–Crippen MR) is 92.3 cm³/mol. The summed E-state index contributed by atoms with van der Waals surface area (Å²) in [4.78, 5) is 15.1. The van der Waals surface area contributed by atoms with Crippen LogP contribution < -0.4 is 10.6 Å². The van der Waals surface area contributed by atoms with Gasteiger partial charge in [-0.1, -0.05) is 44.4 Å². The van der Waals surface area contributed by atoms with Gasteiger partial charge in [0.2, 0.25) is 0 Å². The number of aromatic amines is 1. The molecule has 0 aliphatic heterocycles. The first kappa shape index (κ1) is 16.4. The van der Waals surface area contributed by atoms with Gasteiger partial charge in [-0.05, 0) is 31.4 Å². The highest BCUT2D eigenvalue weighted by Crippen LogP contribution is 2.21. The maximum absolute atomic E-state index is 11.7. The summed E-state index contributed by atoms with van der Waals surface area (Å²) < 4.78 is 0. The topological polar surface area (TPSA) is 56.9 Å². The summed E-state index contributed by atoms with van der Waals surface area (Å²) in [6.45, 7) is 5.69. The molecule has 3 N–H and O–H groups in total. The van der Waals surface area contributed by atoms with Crippen LogP contribution in [-0.4, -0.2) is 24.1 Å². The van der Waals surface area contributed by atoms with E-state index in [0.717, 1.165) is 24.9 Å². The van der Waals surface area contributed by atoms with Crippen molar-refractivity contribution in [1.29, 1.82) is 0 Å². The molecule has 0 saturated carbocycles. The molecule has 0 aliphatic carbocycles. The Bertz CT molecular complexity index is 603. The van der Waals surface area contributed by atoms with Crippen molar-refractivity contribution in [2.24, 2.45) is 0 Å². The van der Waals surface area contributed by atoms with E-state index in [2.05, 4.69) is 47.7 Å². The van der Waals surface area contributed by atoms with Gasteiger partial charge in [0, 0.05) is 29.7 Å². The lowest BCUT2D eigenvalue weighted by atomic mass is 10.1. The molecule has 22 heavy (non-hydrogen) atoms. The molecular weight excluding hydrogens is 274 g/mol. The minimum absolute atomic E-state index is 0.0611. The summed E-state index contributed by atoms with van der Waals surface area (Å²) in [5, 5.41) is 7.11.